The van der Waals surface area contributed by atoms with Crippen LogP contribution in [0.5, 0.6) is 0 Å². The number of hydrogen-bond acceptors (Lipinski definition) is 7. The second-order valence-electron chi connectivity index (χ2n) is 7.39. The average Bonchev–Trinajstić information content (AvgIpc) is 3.22. The summed E-state index contributed by atoms with van der Waals surface area (Å²) in [6, 6.07) is -0.419. The normalized spacial score (nSPS) is 31.0. The first-order chi connectivity index (χ1) is 12.3. The number of esters is 1. The zero-order chi connectivity index (χ0) is 19.2. The van der Waals surface area contributed by atoms with Gasteiger partial charge in [0.05, 0.1) is 30.0 Å². The van der Waals surface area contributed by atoms with Crippen molar-refractivity contribution in [3.05, 3.63) is 16.1 Å². The lowest BCUT2D eigenvalue weighted by molar-refractivity contribution is -0.155. The molecule has 2 fully saturated rings. The number of ether oxygens (including phenoxy) is 1. The van der Waals surface area contributed by atoms with Gasteiger partial charge in [-0.1, -0.05) is 13.8 Å². The number of nitrogens with zero attached hydrogens (tertiary/aromatic N) is 2. The minimum atomic E-state index is -1.20. The van der Waals surface area contributed by atoms with Gasteiger partial charge in [0.25, 0.3) is 0 Å². The molecule has 4 atom stereocenters. The number of nitrogens with one attached hydrogen (secondary N) is 1. The number of aromatic nitrogens is 1. The van der Waals surface area contributed by atoms with Crippen LogP contribution in [0.25, 0.3) is 0 Å². The average molecular weight is 379 g/mol. The number of fused-ring (bicyclic) bond motifs is 1. The summed E-state index contributed by atoms with van der Waals surface area (Å²) in [6.45, 7) is 7.95. The van der Waals surface area contributed by atoms with E-state index in [-0.39, 0.29) is 17.7 Å². The van der Waals surface area contributed by atoms with Crippen LogP contribution in [0.1, 0.15) is 43.1 Å². The van der Waals surface area contributed by atoms with Crippen LogP contribution in [-0.4, -0.2) is 46.9 Å². The Kier molecular flexibility index (Phi) is 4.92. The topological polar surface area (TPSA) is 88.6 Å². The van der Waals surface area contributed by atoms with E-state index in [0.717, 1.165) is 9.88 Å². The van der Waals surface area contributed by atoms with E-state index in [0.29, 0.717) is 13.0 Å². The summed E-state index contributed by atoms with van der Waals surface area (Å²) in [5.41, 5.74) is -1.20. The zero-order valence-electron chi connectivity index (χ0n) is 15.7. The lowest BCUT2D eigenvalue weighted by atomic mass is 9.75. The van der Waals surface area contributed by atoms with Gasteiger partial charge >= 0.3 is 5.97 Å². The summed E-state index contributed by atoms with van der Waals surface area (Å²) in [4.78, 5) is 45.4. The Balaban J connectivity index is 2.15. The molecular weight excluding hydrogens is 354 g/mol. The number of likely N-dealkylation sites (tertiary alicyclic amines) is 1. The van der Waals surface area contributed by atoms with Crippen LogP contribution in [0.15, 0.2) is 6.20 Å². The van der Waals surface area contributed by atoms with Crippen LogP contribution >= 0.6 is 11.3 Å². The number of aryl methyl sites for hydroxylation is 1. The number of imide groups is 1. The number of carbonyl (C=O) groups is 3. The molecule has 2 aliphatic heterocycles. The van der Waals surface area contributed by atoms with Crippen molar-refractivity contribution in [1.82, 2.24) is 15.2 Å². The van der Waals surface area contributed by atoms with Crippen molar-refractivity contribution in [3.8, 4) is 0 Å². The number of amides is 2. The zero-order valence-corrected chi connectivity index (χ0v) is 16.6. The molecular formula is C18H25N3O4S. The van der Waals surface area contributed by atoms with E-state index in [1.54, 1.807) is 13.1 Å². The molecule has 1 N–H and O–H groups in total. The van der Waals surface area contributed by atoms with Crippen LogP contribution in [0.3, 0.4) is 0 Å². The number of rotatable bonds is 5. The number of methoxy groups -OCH3 is 1. The molecule has 3 heterocycles. The standard InChI is InChI=1S/C18H25N3O4S/c1-6-21-15(22)12-13(16(21)23)18(7-9(2)3,17(24)25-5)20-14(12)11-8-19-10(4)26-11/h8-9,12-14,20H,6-7H2,1-5H3/t12-,13-,14-,18-/m1/s1. The molecule has 2 saturated heterocycles. The summed E-state index contributed by atoms with van der Waals surface area (Å²) in [5, 5.41) is 4.23. The van der Waals surface area contributed by atoms with Gasteiger partial charge in [0, 0.05) is 17.6 Å². The summed E-state index contributed by atoms with van der Waals surface area (Å²) >= 11 is 1.48. The molecule has 0 bridgehead atoms. The van der Waals surface area contributed by atoms with Crippen molar-refractivity contribution in [1.29, 1.82) is 0 Å². The molecule has 0 radical (unpaired) electrons. The Morgan fingerprint density at radius 3 is 2.62 bits per heavy atom. The SMILES string of the molecule is CCN1C(=O)[C@H]2[C@@H](c3cnc(C)s3)N[C@@](CC(C)C)(C(=O)OC)[C@H]2C1=O. The molecule has 2 aliphatic rings. The molecule has 7 nitrogen and oxygen atoms in total. The second-order valence-corrected chi connectivity index (χ2v) is 8.66. The highest BCUT2D eigenvalue weighted by atomic mass is 32.1. The first-order valence-corrected chi connectivity index (χ1v) is 9.72. The fraction of sp³-hybridized carbons (Fsp3) is 0.667. The first-order valence-electron chi connectivity index (χ1n) is 8.90. The highest BCUT2D eigenvalue weighted by Gasteiger charge is 2.68. The van der Waals surface area contributed by atoms with Crippen molar-refractivity contribution in [3.63, 3.8) is 0 Å². The molecule has 0 spiro atoms. The highest BCUT2D eigenvalue weighted by molar-refractivity contribution is 7.11. The summed E-state index contributed by atoms with van der Waals surface area (Å²) in [7, 11) is 1.32. The summed E-state index contributed by atoms with van der Waals surface area (Å²) < 4.78 is 5.09. The van der Waals surface area contributed by atoms with Gasteiger partial charge in [0.1, 0.15) is 5.54 Å². The van der Waals surface area contributed by atoms with E-state index in [1.165, 1.54) is 23.3 Å². The molecule has 26 heavy (non-hydrogen) atoms. The molecule has 0 saturated carbocycles. The van der Waals surface area contributed by atoms with E-state index in [9.17, 15) is 14.4 Å². The fourth-order valence-corrected chi connectivity index (χ4v) is 5.31. The molecule has 2 amide bonds. The summed E-state index contributed by atoms with van der Waals surface area (Å²) in [6.07, 6.45) is 2.15. The van der Waals surface area contributed by atoms with Gasteiger partial charge < -0.3 is 4.74 Å². The van der Waals surface area contributed by atoms with Gasteiger partial charge in [-0.05, 0) is 26.2 Å². The third-order valence-corrected chi connectivity index (χ3v) is 6.28. The van der Waals surface area contributed by atoms with Gasteiger partial charge in [0.2, 0.25) is 11.8 Å². The van der Waals surface area contributed by atoms with Crippen LogP contribution in [-0.2, 0) is 19.1 Å². The Labute approximate surface area is 157 Å². The molecule has 142 valence electrons. The van der Waals surface area contributed by atoms with E-state index in [4.69, 9.17) is 4.74 Å². The molecule has 0 aliphatic carbocycles. The monoisotopic (exact) mass is 379 g/mol. The maximum Gasteiger partial charge on any atom is 0.326 e. The predicted molar refractivity (Wildman–Crippen MR) is 96.3 cm³/mol. The Morgan fingerprint density at radius 2 is 2.12 bits per heavy atom. The quantitative estimate of drug-likeness (QED) is 0.618. The van der Waals surface area contributed by atoms with Gasteiger partial charge in [-0.2, -0.15) is 0 Å². The van der Waals surface area contributed by atoms with Gasteiger partial charge in [-0.25, -0.2) is 4.98 Å². The van der Waals surface area contributed by atoms with Crippen LogP contribution in [0.2, 0.25) is 0 Å². The van der Waals surface area contributed by atoms with Crippen molar-refractivity contribution in [2.45, 2.75) is 45.7 Å². The van der Waals surface area contributed by atoms with Crippen molar-refractivity contribution in [2.75, 3.05) is 13.7 Å². The Hall–Kier alpha value is -1.80. The van der Waals surface area contributed by atoms with Gasteiger partial charge in [-0.3, -0.25) is 24.6 Å². The molecule has 8 heteroatoms. The van der Waals surface area contributed by atoms with Crippen LogP contribution in [0.4, 0.5) is 0 Å². The number of thiazole rings is 1. The second kappa shape index (κ2) is 6.74. The lowest BCUT2D eigenvalue weighted by Crippen LogP contribution is -2.57. The highest BCUT2D eigenvalue weighted by Crippen LogP contribution is 2.51. The van der Waals surface area contributed by atoms with Crippen molar-refractivity contribution >= 4 is 29.1 Å². The lowest BCUT2D eigenvalue weighted by Gasteiger charge is -2.33. The van der Waals surface area contributed by atoms with Crippen LogP contribution in [0, 0.1) is 24.7 Å². The Morgan fingerprint density at radius 1 is 1.42 bits per heavy atom. The maximum absolute atomic E-state index is 13.1. The molecule has 1 aromatic heterocycles. The predicted octanol–water partition coefficient (Wildman–Crippen LogP) is 1.67. The minimum Gasteiger partial charge on any atom is -0.468 e. The minimum absolute atomic E-state index is 0.141. The maximum atomic E-state index is 13.1. The molecule has 0 aromatic carbocycles. The number of hydrogen-bond donors (Lipinski definition) is 1. The van der Waals surface area contributed by atoms with Crippen molar-refractivity contribution in [2.24, 2.45) is 17.8 Å². The fourth-order valence-electron chi connectivity index (χ4n) is 4.42. The smallest absolute Gasteiger partial charge is 0.326 e. The summed E-state index contributed by atoms with van der Waals surface area (Å²) in [5.74, 6) is -2.21. The third kappa shape index (κ3) is 2.66. The van der Waals surface area contributed by atoms with E-state index < -0.39 is 29.4 Å². The van der Waals surface area contributed by atoms with Gasteiger partial charge in [-0.15, -0.1) is 11.3 Å². The third-order valence-electron chi connectivity index (χ3n) is 5.29. The number of carbonyl (C=O) groups excluding carboxylic acids is 3. The van der Waals surface area contributed by atoms with E-state index in [2.05, 4.69) is 10.3 Å². The molecule has 0 unspecified atom stereocenters. The van der Waals surface area contributed by atoms with Gasteiger partial charge in [0.15, 0.2) is 0 Å². The molecule has 3 rings (SSSR count). The first kappa shape index (κ1) is 19.0. The molecule has 1 aromatic rings. The van der Waals surface area contributed by atoms with Crippen LogP contribution < -0.4 is 5.32 Å². The van der Waals surface area contributed by atoms with E-state index >= 15 is 0 Å². The largest absolute Gasteiger partial charge is 0.468 e. The Bertz CT molecular complexity index is 747. The van der Waals surface area contributed by atoms with Crippen molar-refractivity contribution < 1.29 is 19.1 Å². The van der Waals surface area contributed by atoms with E-state index in [1.807, 2.05) is 20.8 Å².